The maximum absolute atomic E-state index is 12.6. The fraction of sp³-hybridized carbons (Fsp3) is 0.350. The molecule has 0 fully saturated rings. The number of Topliss-reactive ketones (excluding diaryl/α,β-unsaturated/α-hetero) is 1. The van der Waals surface area contributed by atoms with Gasteiger partial charge >= 0.3 is 0 Å². The predicted molar refractivity (Wildman–Crippen MR) is 94.6 cm³/mol. The smallest absolute Gasteiger partial charge is 0.171 e. The zero-order chi connectivity index (χ0) is 17.5. The molecule has 0 spiro atoms. The number of hydrogen-bond acceptors (Lipinski definition) is 4. The zero-order valence-electron chi connectivity index (χ0n) is 14.7. The summed E-state index contributed by atoms with van der Waals surface area (Å²) >= 11 is 0. The van der Waals surface area contributed by atoms with E-state index in [-0.39, 0.29) is 5.78 Å². The van der Waals surface area contributed by atoms with Gasteiger partial charge in [-0.1, -0.05) is 25.1 Å². The van der Waals surface area contributed by atoms with Gasteiger partial charge < -0.3 is 14.2 Å². The second kappa shape index (κ2) is 8.39. The zero-order valence-corrected chi connectivity index (χ0v) is 14.7. The normalized spacial score (nSPS) is 10.3. The van der Waals surface area contributed by atoms with Gasteiger partial charge in [0.05, 0.1) is 26.9 Å². The molecule has 0 amide bonds. The lowest BCUT2D eigenvalue weighted by molar-refractivity contribution is 0.0979. The van der Waals surface area contributed by atoms with Gasteiger partial charge in [0.15, 0.2) is 17.3 Å². The van der Waals surface area contributed by atoms with Gasteiger partial charge in [0.1, 0.15) is 5.75 Å². The Kier molecular flexibility index (Phi) is 6.24. The van der Waals surface area contributed by atoms with Gasteiger partial charge in [-0.25, -0.2) is 0 Å². The highest BCUT2D eigenvalue weighted by atomic mass is 16.5. The van der Waals surface area contributed by atoms with Crippen LogP contribution in [0.15, 0.2) is 36.4 Å². The molecule has 2 aromatic carbocycles. The second-order valence-corrected chi connectivity index (χ2v) is 5.46. The predicted octanol–water partition coefficient (Wildman–Crippen LogP) is 4.09. The molecule has 0 saturated heterocycles. The molecule has 2 rings (SSSR count). The Morgan fingerprint density at radius 3 is 2.33 bits per heavy atom. The van der Waals surface area contributed by atoms with E-state index in [0.717, 1.165) is 17.7 Å². The summed E-state index contributed by atoms with van der Waals surface area (Å²) in [6.07, 6.45) is 1.96. The van der Waals surface area contributed by atoms with E-state index in [1.807, 2.05) is 6.07 Å². The van der Waals surface area contributed by atoms with Crippen LogP contribution in [-0.4, -0.2) is 27.1 Å². The molecule has 0 bridgehead atoms. The average molecular weight is 328 g/mol. The topological polar surface area (TPSA) is 44.8 Å². The summed E-state index contributed by atoms with van der Waals surface area (Å²) in [6.45, 7) is 2.11. The molecule has 0 N–H and O–H groups in total. The summed E-state index contributed by atoms with van der Waals surface area (Å²) in [5.41, 5.74) is 2.83. The van der Waals surface area contributed by atoms with E-state index in [0.29, 0.717) is 29.9 Å². The first kappa shape index (κ1) is 17.9. The molecule has 0 saturated carbocycles. The van der Waals surface area contributed by atoms with Crippen molar-refractivity contribution >= 4 is 5.78 Å². The largest absolute Gasteiger partial charge is 0.496 e. The van der Waals surface area contributed by atoms with Crippen molar-refractivity contribution in [3.63, 3.8) is 0 Å². The van der Waals surface area contributed by atoms with E-state index in [4.69, 9.17) is 14.2 Å². The summed E-state index contributed by atoms with van der Waals surface area (Å²) in [7, 11) is 4.76. The minimum atomic E-state index is 0.0229. The van der Waals surface area contributed by atoms with Gasteiger partial charge in [-0.2, -0.15) is 0 Å². The van der Waals surface area contributed by atoms with Crippen LogP contribution >= 0.6 is 0 Å². The van der Waals surface area contributed by atoms with E-state index >= 15 is 0 Å². The lowest BCUT2D eigenvalue weighted by atomic mass is 9.99. The molecule has 0 aliphatic rings. The molecule has 0 unspecified atom stereocenters. The first-order valence-corrected chi connectivity index (χ1v) is 8.04. The van der Waals surface area contributed by atoms with E-state index in [1.165, 1.54) is 5.56 Å². The van der Waals surface area contributed by atoms with Crippen molar-refractivity contribution in [3.8, 4) is 17.2 Å². The van der Waals surface area contributed by atoms with E-state index in [2.05, 4.69) is 19.1 Å². The highest BCUT2D eigenvalue weighted by Gasteiger charge is 2.17. The molecule has 2 aromatic rings. The fourth-order valence-corrected chi connectivity index (χ4v) is 2.74. The average Bonchev–Trinajstić information content (AvgIpc) is 2.64. The second-order valence-electron chi connectivity index (χ2n) is 5.46. The van der Waals surface area contributed by atoms with Gasteiger partial charge in [0, 0.05) is 6.42 Å². The number of ketones is 1. The Labute approximate surface area is 143 Å². The number of ether oxygens (including phenoxy) is 3. The molecule has 0 heterocycles. The Bertz CT molecular complexity index is 707. The van der Waals surface area contributed by atoms with Crippen molar-refractivity contribution in [1.82, 2.24) is 0 Å². The highest BCUT2D eigenvalue weighted by Crippen LogP contribution is 2.32. The molecule has 0 atom stereocenters. The third kappa shape index (κ3) is 3.88. The van der Waals surface area contributed by atoms with Crippen LogP contribution in [0.5, 0.6) is 17.2 Å². The van der Waals surface area contributed by atoms with Crippen molar-refractivity contribution in [2.75, 3.05) is 21.3 Å². The number of para-hydroxylation sites is 1. The number of carbonyl (C=O) groups is 1. The molecule has 128 valence electrons. The number of carbonyl (C=O) groups excluding carboxylic acids is 1. The molecule has 0 radical (unpaired) electrons. The van der Waals surface area contributed by atoms with E-state index in [1.54, 1.807) is 39.5 Å². The molecular weight excluding hydrogens is 304 g/mol. The Hall–Kier alpha value is -2.49. The number of benzene rings is 2. The Balaban J connectivity index is 2.20. The van der Waals surface area contributed by atoms with E-state index < -0.39 is 0 Å². The van der Waals surface area contributed by atoms with Crippen LogP contribution in [0, 0.1) is 0 Å². The molecule has 0 aromatic heterocycles. The minimum Gasteiger partial charge on any atom is -0.496 e. The fourth-order valence-electron chi connectivity index (χ4n) is 2.74. The van der Waals surface area contributed by atoms with E-state index in [9.17, 15) is 4.79 Å². The monoisotopic (exact) mass is 328 g/mol. The number of aryl methyl sites for hydroxylation is 2. The summed E-state index contributed by atoms with van der Waals surface area (Å²) in [5.74, 6) is 1.89. The van der Waals surface area contributed by atoms with Crippen molar-refractivity contribution in [2.45, 2.75) is 26.2 Å². The summed E-state index contributed by atoms with van der Waals surface area (Å²) in [4.78, 5) is 12.6. The highest BCUT2D eigenvalue weighted by molar-refractivity contribution is 5.99. The van der Waals surface area contributed by atoms with Crippen molar-refractivity contribution < 1.29 is 19.0 Å². The summed E-state index contributed by atoms with van der Waals surface area (Å²) in [5, 5.41) is 0. The van der Waals surface area contributed by atoms with Gasteiger partial charge in [-0.3, -0.25) is 4.79 Å². The lowest BCUT2D eigenvalue weighted by Crippen LogP contribution is -2.06. The minimum absolute atomic E-state index is 0.0229. The number of methoxy groups -OCH3 is 3. The molecular formula is C20H24O4. The first-order valence-electron chi connectivity index (χ1n) is 8.04. The van der Waals surface area contributed by atoms with Crippen molar-refractivity contribution in [1.29, 1.82) is 0 Å². The van der Waals surface area contributed by atoms with Crippen LogP contribution in [0.4, 0.5) is 0 Å². The van der Waals surface area contributed by atoms with Gasteiger partial charge in [0.2, 0.25) is 0 Å². The van der Waals surface area contributed by atoms with Crippen LogP contribution in [0.3, 0.4) is 0 Å². The molecule has 4 nitrogen and oxygen atoms in total. The lowest BCUT2D eigenvalue weighted by Gasteiger charge is -2.13. The summed E-state index contributed by atoms with van der Waals surface area (Å²) < 4.78 is 16.0. The maximum Gasteiger partial charge on any atom is 0.171 e. The number of rotatable bonds is 8. The van der Waals surface area contributed by atoms with Crippen molar-refractivity contribution in [3.05, 3.63) is 53.1 Å². The Morgan fingerprint density at radius 1 is 0.958 bits per heavy atom. The van der Waals surface area contributed by atoms with Crippen LogP contribution in [0.2, 0.25) is 0 Å². The van der Waals surface area contributed by atoms with Crippen LogP contribution in [0.25, 0.3) is 0 Å². The van der Waals surface area contributed by atoms with Gasteiger partial charge in [0.25, 0.3) is 0 Å². The van der Waals surface area contributed by atoms with Crippen molar-refractivity contribution in [2.24, 2.45) is 0 Å². The van der Waals surface area contributed by atoms with Crippen LogP contribution < -0.4 is 14.2 Å². The standard InChI is InChI=1S/C20H24O4/c1-5-14-9-12-18(22-2)15(13-14)10-11-17(21)16-7-6-8-19(23-3)20(16)24-4/h6-9,12-13H,5,10-11H2,1-4H3. The van der Waals surface area contributed by atoms with Gasteiger partial charge in [-0.15, -0.1) is 0 Å². The third-order valence-electron chi connectivity index (χ3n) is 4.08. The maximum atomic E-state index is 12.6. The number of hydrogen-bond donors (Lipinski definition) is 0. The molecule has 24 heavy (non-hydrogen) atoms. The molecule has 4 heteroatoms. The molecule has 0 aliphatic heterocycles. The summed E-state index contributed by atoms with van der Waals surface area (Å²) in [6, 6.07) is 11.5. The first-order chi connectivity index (χ1) is 11.6. The quantitative estimate of drug-likeness (QED) is 0.685. The third-order valence-corrected chi connectivity index (χ3v) is 4.08. The SMILES string of the molecule is CCc1ccc(OC)c(CCC(=O)c2cccc(OC)c2OC)c1. The Morgan fingerprint density at radius 2 is 1.71 bits per heavy atom. The molecule has 0 aliphatic carbocycles. The van der Waals surface area contributed by atoms with Crippen LogP contribution in [-0.2, 0) is 12.8 Å². The van der Waals surface area contributed by atoms with Crippen LogP contribution in [0.1, 0.15) is 34.8 Å². The van der Waals surface area contributed by atoms with Gasteiger partial charge in [-0.05, 0) is 42.2 Å².